The molecule has 0 saturated carbocycles. The van der Waals surface area contributed by atoms with Crippen LogP contribution < -0.4 is 5.32 Å². The molecule has 96 valence electrons. The van der Waals surface area contributed by atoms with Crippen molar-refractivity contribution in [1.29, 1.82) is 0 Å². The first-order chi connectivity index (χ1) is 8.45. The Labute approximate surface area is 105 Å². The number of hydrogen-bond donors (Lipinski definition) is 1. The molecule has 4 nitrogen and oxygen atoms in total. The maximum Gasteiger partial charge on any atom is 0.433 e. The first-order valence-corrected chi connectivity index (χ1v) is 5.82. The van der Waals surface area contributed by atoms with Crippen LogP contribution in [0.3, 0.4) is 0 Å². The maximum atomic E-state index is 12.4. The van der Waals surface area contributed by atoms with Crippen molar-refractivity contribution < 1.29 is 13.2 Å². The van der Waals surface area contributed by atoms with Crippen LogP contribution in [0.5, 0.6) is 0 Å². The molecule has 0 saturated heterocycles. The molecule has 1 N–H and O–H groups in total. The third-order valence-corrected chi connectivity index (χ3v) is 2.93. The van der Waals surface area contributed by atoms with Crippen molar-refractivity contribution in [3.8, 4) is 0 Å². The summed E-state index contributed by atoms with van der Waals surface area (Å²) in [6.45, 7) is 2.21. The molecule has 2 heterocycles. The number of anilines is 1. The number of aromatic nitrogens is 3. The Bertz CT molecular complexity index is 538. The van der Waals surface area contributed by atoms with Crippen LogP contribution in [0.4, 0.5) is 19.1 Å². The number of thiazole rings is 1. The van der Waals surface area contributed by atoms with E-state index in [1.54, 1.807) is 6.20 Å². The number of alkyl halides is 3. The fourth-order valence-electron chi connectivity index (χ4n) is 1.24. The second-order valence-electron chi connectivity index (χ2n) is 3.48. The van der Waals surface area contributed by atoms with Gasteiger partial charge in [-0.25, -0.2) is 15.0 Å². The molecule has 0 bridgehead atoms. The minimum absolute atomic E-state index is 0.0577. The Balaban J connectivity index is 2.06. The number of nitrogens with zero attached hydrogens (tertiary/aromatic N) is 3. The van der Waals surface area contributed by atoms with Gasteiger partial charge in [0.15, 0.2) is 0 Å². The fraction of sp³-hybridized carbons (Fsp3) is 0.300. The zero-order chi connectivity index (χ0) is 13.2. The summed E-state index contributed by atoms with van der Waals surface area (Å²) in [4.78, 5) is 12.2. The van der Waals surface area contributed by atoms with Crippen molar-refractivity contribution in [1.82, 2.24) is 15.0 Å². The minimum Gasteiger partial charge on any atom is -0.348 e. The lowest BCUT2D eigenvalue weighted by atomic mass is 10.4. The maximum absolute atomic E-state index is 12.4. The standard InChI is InChI=1S/C10H9F3N4S/c1-6-4-15-8(18-6)5-16-9-14-3-2-7(17-9)10(11,12)13/h2-4H,5H2,1H3,(H,14,16,17). The topological polar surface area (TPSA) is 50.7 Å². The summed E-state index contributed by atoms with van der Waals surface area (Å²) in [5.74, 6) is -0.0577. The van der Waals surface area contributed by atoms with Gasteiger partial charge < -0.3 is 5.32 Å². The lowest BCUT2D eigenvalue weighted by molar-refractivity contribution is -0.141. The van der Waals surface area contributed by atoms with Crippen molar-refractivity contribution in [2.24, 2.45) is 0 Å². The van der Waals surface area contributed by atoms with Crippen LogP contribution in [-0.4, -0.2) is 15.0 Å². The molecule has 0 aliphatic heterocycles. The monoisotopic (exact) mass is 274 g/mol. The number of halogens is 3. The average Bonchev–Trinajstić information content (AvgIpc) is 2.72. The van der Waals surface area contributed by atoms with Gasteiger partial charge in [0.1, 0.15) is 10.7 Å². The molecule has 0 aliphatic carbocycles. The largest absolute Gasteiger partial charge is 0.433 e. The van der Waals surface area contributed by atoms with E-state index in [-0.39, 0.29) is 5.95 Å². The first-order valence-electron chi connectivity index (χ1n) is 5.00. The molecule has 2 aromatic heterocycles. The lowest BCUT2D eigenvalue weighted by Crippen LogP contribution is -2.11. The van der Waals surface area contributed by atoms with E-state index in [2.05, 4.69) is 20.3 Å². The Kier molecular flexibility index (Phi) is 3.46. The summed E-state index contributed by atoms with van der Waals surface area (Å²) >= 11 is 1.47. The van der Waals surface area contributed by atoms with E-state index < -0.39 is 11.9 Å². The van der Waals surface area contributed by atoms with Gasteiger partial charge in [-0.05, 0) is 13.0 Å². The summed E-state index contributed by atoms with van der Waals surface area (Å²) < 4.78 is 37.2. The second kappa shape index (κ2) is 4.89. The normalized spacial score (nSPS) is 11.6. The lowest BCUT2D eigenvalue weighted by Gasteiger charge is -2.07. The molecular weight excluding hydrogens is 265 g/mol. The SMILES string of the molecule is Cc1cnc(CNc2nccc(C(F)(F)F)n2)s1. The Morgan fingerprint density at radius 3 is 2.72 bits per heavy atom. The van der Waals surface area contributed by atoms with E-state index in [1.807, 2.05) is 6.92 Å². The zero-order valence-corrected chi connectivity index (χ0v) is 10.1. The van der Waals surface area contributed by atoms with Crippen LogP contribution in [0.2, 0.25) is 0 Å². The predicted molar refractivity (Wildman–Crippen MR) is 61.2 cm³/mol. The second-order valence-corrected chi connectivity index (χ2v) is 4.80. The van der Waals surface area contributed by atoms with Crippen molar-refractivity contribution in [3.63, 3.8) is 0 Å². The quantitative estimate of drug-likeness (QED) is 0.935. The summed E-state index contributed by atoms with van der Waals surface area (Å²) in [6.07, 6.45) is -1.68. The number of nitrogens with one attached hydrogen (secondary N) is 1. The van der Waals surface area contributed by atoms with E-state index in [0.717, 1.165) is 22.1 Å². The molecule has 0 amide bonds. The fourth-order valence-corrected chi connectivity index (χ4v) is 1.97. The van der Waals surface area contributed by atoms with Gasteiger partial charge in [-0.1, -0.05) is 0 Å². The molecule has 0 spiro atoms. The third-order valence-electron chi connectivity index (χ3n) is 2.01. The summed E-state index contributed by atoms with van der Waals surface area (Å²) in [5.41, 5.74) is -0.963. The Hall–Kier alpha value is -1.70. The van der Waals surface area contributed by atoms with Gasteiger partial charge in [0.05, 0.1) is 6.54 Å². The van der Waals surface area contributed by atoms with E-state index in [4.69, 9.17) is 0 Å². The molecule has 0 atom stereocenters. The summed E-state index contributed by atoms with van der Waals surface area (Å²) in [7, 11) is 0. The molecule has 0 aliphatic rings. The van der Waals surface area contributed by atoms with Gasteiger partial charge in [0.25, 0.3) is 0 Å². The molecule has 8 heteroatoms. The molecule has 2 rings (SSSR count). The molecular formula is C10H9F3N4S. The number of aryl methyl sites for hydroxylation is 1. The van der Waals surface area contributed by atoms with E-state index in [9.17, 15) is 13.2 Å². The minimum atomic E-state index is -4.46. The van der Waals surface area contributed by atoms with Gasteiger partial charge in [0.2, 0.25) is 5.95 Å². The van der Waals surface area contributed by atoms with Crippen LogP contribution in [0, 0.1) is 6.92 Å². The number of hydrogen-bond acceptors (Lipinski definition) is 5. The molecule has 0 fully saturated rings. The van der Waals surface area contributed by atoms with Gasteiger partial charge in [-0.15, -0.1) is 11.3 Å². The molecule has 2 aromatic rings. The van der Waals surface area contributed by atoms with Gasteiger partial charge in [0, 0.05) is 17.3 Å². The van der Waals surface area contributed by atoms with Crippen LogP contribution in [0.1, 0.15) is 15.6 Å². The zero-order valence-electron chi connectivity index (χ0n) is 9.32. The molecule has 18 heavy (non-hydrogen) atoms. The van der Waals surface area contributed by atoms with Crippen LogP contribution >= 0.6 is 11.3 Å². The molecule has 0 unspecified atom stereocenters. The van der Waals surface area contributed by atoms with Crippen LogP contribution in [0.15, 0.2) is 18.5 Å². The molecule has 0 aromatic carbocycles. The smallest absolute Gasteiger partial charge is 0.348 e. The predicted octanol–water partition coefficient (Wildman–Crippen LogP) is 2.87. The molecule has 0 radical (unpaired) electrons. The van der Waals surface area contributed by atoms with Gasteiger partial charge in [-0.2, -0.15) is 13.2 Å². The summed E-state index contributed by atoms with van der Waals surface area (Å²) in [6, 6.07) is 0.832. The van der Waals surface area contributed by atoms with E-state index >= 15 is 0 Å². The average molecular weight is 274 g/mol. The highest BCUT2D eigenvalue weighted by molar-refractivity contribution is 7.11. The van der Waals surface area contributed by atoms with Crippen molar-refractivity contribution in [3.05, 3.63) is 34.0 Å². The van der Waals surface area contributed by atoms with Crippen molar-refractivity contribution in [2.75, 3.05) is 5.32 Å². The Morgan fingerprint density at radius 2 is 2.11 bits per heavy atom. The highest BCUT2D eigenvalue weighted by atomic mass is 32.1. The number of rotatable bonds is 3. The van der Waals surface area contributed by atoms with Gasteiger partial charge >= 0.3 is 6.18 Å². The van der Waals surface area contributed by atoms with E-state index in [1.165, 1.54) is 11.3 Å². The van der Waals surface area contributed by atoms with Crippen LogP contribution in [-0.2, 0) is 12.7 Å². The Morgan fingerprint density at radius 1 is 1.33 bits per heavy atom. The first kappa shape index (κ1) is 12.7. The third kappa shape index (κ3) is 3.16. The van der Waals surface area contributed by atoms with E-state index in [0.29, 0.717) is 6.54 Å². The van der Waals surface area contributed by atoms with Crippen molar-refractivity contribution >= 4 is 17.3 Å². The van der Waals surface area contributed by atoms with Crippen LogP contribution in [0.25, 0.3) is 0 Å². The highest BCUT2D eigenvalue weighted by Crippen LogP contribution is 2.27. The highest BCUT2D eigenvalue weighted by Gasteiger charge is 2.32. The van der Waals surface area contributed by atoms with Gasteiger partial charge in [-0.3, -0.25) is 0 Å². The van der Waals surface area contributed by atoms with Crippen molar-refractivity contribution in [2.45, 2.75) is 19.6 Å². The summed E-state index contributed by atoms with van der Waals surface area (Å²) in [5, 5.41) is 3.48.